The van der Waals surface area contributed by atoms with Crippen LogP contribution in [0, 0.1) is 5.92 Å². The minimum absolute atomic E-state index is 0.148. The Kier molecular flexibility index (Phi) is 1.95. The second-order valence-corrected chi connectivity index (χ2v) is 3.83. The van der Waals surface area contributed by atoms with E-state index in [2.05, 4.69) is 36.4 Å². The number of hydrogen-bond donors (Lipinski definition) is 0. The highest BCUT2D eigenvalue weighted by molar-refractivity contribution is 5.59. The highest BCUT2D eigenvalue weighted by Crippen LogP contribution is 2.29. The van der Waals surface area contributed by atoms with Crippen LogP contribution in [0.1, 0.15) is 5.56 Å². The largest absolute Gasteiger partial charge is 0.485 e. The molecule has 2 atom stereocenters. The van der Waals surface area contributed by atoms with Crippen LogP contribution in [-0.2, 0) is 0 Å². The van der Waals surface area contributed by atoms with Crippen molar-refractivity contribution in [1.82, 2.24) is 0 Å². The number of rotatable bonds is 0. The first kappa shape index (κ1) is 8.54. The molecule has 0 radical (unpaired) electrons. The predicted octanol–water partition coefficient (Wildman–Crippen LogP) is 3.20. The molecule has 74 valence electrons. The molecule has 1 aromatic carbocycles. The lowest BCUT2D eigenvalue weighted by Gasteiger charge is -2.21. The molecule has 3 rings (SSSR count). The Balaban J connectivity index is 2.04. The standard InChI is InChI=1S/C14H12O/c1-3-7-13-11(5-1)9-10-12-6-2-4-8-14(12)15-13/h1-11,13H. The predicted molar refractivity (Wildman–Crippen MR) is 61.7 cm³/mol. The van der Waals surface area contributed by atoms with Gasteiger partial charge >= 0.3 is 0 Å². The lowest BCUT2D eigenvalue weighted by atomic mass is 9.97. The van der Waals surface area contributed by atoms with Crippen molar-refractivity contribution < 1.29 is 4.74 Å². The van der Waals surface area contributed by atoms with Gasteiger partial charge in [0.2, 0.25) is 0 Å². The van der Waals surface area contributed by atoms with Crippen LogP contribution < -0.4 is 4.74 Å². The molecule has 2 aliphatic rings. The van der Waals surface area contributed by atoms with E-state index >= 15 is 0 Å². The molecule has 0 aromatic heterocycles. The van der Waals surface area contributed by atoms with Crippen molar-refractivity contribution in [1.29, 1.82) is 0 Å². The van der Waals surface area contributed by atoms with Crippen LogP contribution in [0.5, 0.6) is 5.75 Å². The van der Waals surface area contributed by atoms with E-state index in [1.54, 1.807) is 0 Å². The third-order valence-corrected chi connectivity index (χ3v) is 2.80. The van der Waals surface area contributed by atoms with E-state index < -0.39 is 0 Å². The number of fused-ring (bicyclic) bond motifs is 2. The average Bonchev–Trinajstić information content (AvgIpc) is 2.48. The summed E-state index contributed by atoms with van der Waals surface area (Å²) in [6.07, 6.45) is 12.9. The topological polar surface area (TPSA) is 9.23 Å². The smallest absolute Gasteiger partial charge is 0.127 e. The van der Waals surface area contributed by atoms with E-state index in [9.17, 15) is 0 Å². The zero-order valence-corrected chi connectivity index (χ0v) is 8.34. The molecule has 0 bridgehead atoms. The van der Waals surface area contributed by atoms with Gasteiger partial charge in [0.25, 0.3) is 0 Å². The molecular weight excluding hydrogens is 184 g/mol. The van der Waals surface area contributed by atoms with Gasteiger partial charge in [0.1, 0.15) is 11.9 Å². The Bertz CT molecular complexity index is 454. The number of benzene rings is 1. The van der Waals surface area contributed by atoms with Crippen molar-refractivity contribution in [2.45, 2.75) is 6.10 Å². The average molecular weight is 196 g/mol. The summed E-state index contributed by atoms with van der Waals surface area (Å²) in [7, 11) is 0. The molecular formula is C14H12O. The Hall–Kier alpha value is -1.76. The van der Waals surface area contributed by atoms with E-state index in [4.69, 9.17) is 4.74 Å². The van der Waals surface area contributed by atoms with Gasteiger partial charge in [-0.2, -0.15) is 0 Å². The third kappa shape index (κ3) is 1.50. The summed E-state index contributed by atoms with van der Waals surface area (Å²) in [5, 5.41) is 0. The van der Waals surface area contributed by atoms with Crippen molar-refractivity contribution in [3.8, 4) is 5.75 Å². The number of hydrogen-bond acceptors (Lipinski definition) is 1. The van der Waals surface area contributed by atoms with E-state index in [0.717, 1.165) is 11.3 Å². The fraction of sp³-hybridized carbons (Fsp3) is 0.143. The van der Waals surface area contributed by atoms with E-state index in [0.29, 0.717) is 5.92 Å². The zero-order chi connectivity index (χ0) is 10.1. The molecule has 1 aliphatic carbocycles. The first-order valence-electron chi connectivity index (χ1n) is 5.22. The minimum Gasteiger partial charge on any atom is -0.485 e. The molecule has 1 nitrogen and oxygen atoms in total. The van der Waals surface area contributed by atoms with Crippen LogP contribution in [0.15, 0.2) is 54.6 Å². The highest BCUT2D eigenvalue weighted by Gasteiger charge is 2.20. The summed E-state index contributed by atoms with van der Waals surface area (Å²) in [4.78, 5) is 0. The Labute approximate surface area is 89.4 Å². The monoisotopic (exact) mass is 196 g/mol. The van der Waals surface area contributed by atoms with E-state index in [-0.39, 0.29) is 6.10 Å². The normalized spacial score (nSPS) is 26.4. The molecule has 0 saturated carbocycles. The second kappa shape index (κ2) is 3.43. The lowest BCUT2D eigenvalue weighted by molar-refractivity contribution is 0.224. The second-order valence-electron chi connectivity index (χ2n) is 3.83. The van der Waals surface area contributed by atoms with Crippen molar-refractivity contribution in [2.75, 3.05) is 0 Å². The SMILES string of the molecule is C1=CC2C=Cc3ccccc3OC2C=C1. The lowest BCUT2D eigenvalue weighted by Crippen LogP contribution is -2.22. The molecule has 15 heavy (non-hydrogen) atoms. The van der Waals surface area contributed by atoms with Crippen LogP contribution in [0.2, 0.25) is 0 Å². The maximum atomic E-state index is 5.96. The Morgan fingerprint density at radius 2 is 1.80 bits per heavy atom. The van der Waals surface area contributed by atoms with Crippen LogP contribution >= 0.6 is 0 Å². The van der Waals surface area contributed by atoms with Gasteiger partial charge in [-0.25, -0.2) is 0 Å². The summed E-state index contributed by atoms with van der Waals surface area (Å²) < 4.78 is 5.96. The van der Waals surface area contributed by atoms with Crippen molar-refractivity contribution >= 4 is 6.08 Å². The quantitative estimate of drug-likeness (QED) is 0.619. The van der Waals surface area contributed by atoms with Crippen molar-refractivity contribution in [3.63, 3.8) is 0 Å². The molecule has 1 heteroatoms. The van der Waals surface area contributed by atoms with Crippen LogP contribution in [0.25, 0.3) is 6.08 Å². The summed E-state index contributed by atoms with van der Waals surface area (Å²) in [5.74, 6) is 1.34. The molecule has 0 spiro atoms. The molecule has 0 N–H and O–H groups in total. The fourth-order valence-electron chi connectivity index (χ4n) is 1.98. The Morgan fingerprint density at radius 3 is 2.80 bits per heavy atom. The number of ether oxygens (including phenoxy) is 1. The van der Waals surface area contributed by atoms with Gasteiger partial charge in [-0.15, -0.1) is 0 Å². The maximum Gasteiger partial charge on any atom is 0.127 e. The van der Waals surface area contributed by atoms with Gasteiger partial charge in [0.15, 0.2) is 0 Å². The molecule has 0 amide bonds. The molecule has 2 unspecified atom stereocenters. The van der Waals surface area contributed by atoms with Crippen LogP contribution in [0.4, 0.5) is 0 Å². The highest BCUT2D eigenvalue weighted by atomic mass is 16.5. The molecule has 0 saturated heterocycles. The summed E-state index contributed by atoms with van der Waals surface area (Å²) in [5.41, 5.74) is 1.16. The minimum atomic E-state index is 0.148. The van der Waals surface area contributed by atoms with Crippen molar-refractivity contribution in [3.05, 3.63) is 60.2 Å². The third-order valence-electron chi connectivity index (χ3n) is 2.80. The summed E-state index contributed by atoms with van der Waals surface area (Å²) in [6, 6.07) is 8.15. The van der Waals surface area contributed by atoms with E-state index in [1.165, 1.54) is 0 Å². The van der Waals surface area contributed by atoms with Crippen LogP contribution in [-0.4, -0.2) is 6.10 Å². The molecule has 1 aromatic rings. The van der Waals surface area contributed by atoms with Gasteiger partial charge in [0, 0.05) is 11.5 Å². The molecule has 1 aliphatic heterocycles. The first-order valence-corrected chi connectivity index (χ1v) is 5.22. The van der Waals surface area contributed by atoms with Crippen LogP contribution in [0.3, 0.4) is 0 Å². The van der Waals surface area contributed by atoms with Crippen molar-refractivity contribution in [2.24, 2.45) is 5.92 Å². The molecule has 0 fully saturated rings. The molecule has 1 heterocycles. The summed E-state index contributed by atoms with van der Waals surface area (Å²) in [6.45, 7) is 0. The zero-order valence-electron chi connectivity index (χ0n) is 8.34. The van der Waals surface area contributed by atoms with Gasteiger partial charge in [-0.05, 0) is 12.1 Å². The van der Waals surface area contributed by atoms with Gasteiger partial charge in [-0.3, -0.25) is 0 Å². The van der Waals surface area contributed by atoms with E-state index in [1.807, 2.05) is 24.3 Å². The Morgan fingerprint density at radius 1 is 0.933 bits per heavy atom. The van der Waals surface area contributed by atoms with Gasteiger partial charge in [0.05, 0.1) is 0 Å². The van der Waals surface area contributed by atoms with Gasteiger partial charge < -0.3 is 4.74 Å². The fourth-order valence-corrected chi connectivity index (χ4v) is 1.98. The maximum absolute atomic E-state index is 5.96. The van der Waals surface area contributed by atoms with Gasteiger partial charge in [-0.1, -0.05) is 48.6 Å². The summed E-state index contributed by atoms with van der Waals surface area (Å²) >= 11 is 0. The number of para-hydroxylation sites is 1. The first-order chi connectivity index (χ1) is 7.43. The number of allylic oxidation sites excluding steroid dienone is 2.